The monoisotopic (exact) mass is 383 g/mol. The summed E-state index contributed by atoms with van der Waals surface area (Å²) in [7, 11) is 1.66. The Morgan fingerprint density at radius 3 is 2.62 bits per heavy atom. The van der Waals surface area contributed by atoms with Gasteiger partial charge in [0.1, 0.15) is 0 Å². The number of piperidine rings is 1. The van der Waals surface area contributed by atoms with Crippen molar-refractivity contribution in [3.63, 3.8) is 0 Å². The number of aryl methyl sites for hydroxylation is 1. The molecule has 1 fully saturated rings. The van der Waals surface area contributed by atoms with Crippen LogP contribution < -0.4 is 10.6 Å². The third kappa shape index (κ3) is 6.94. The highest BCUT2D eigenvalue weighted by atomic mass is 35.5. The molecule has 2 N–H and O–H groups in total. The van der Waals surface area contributed by atoms with Gasteiger partial charge < -0.3 is 20.3 Å². The van der Waals surface area contributed by atoms with Crippen LogP contribution in [0.15, 0.2) is 24.3 Å². The van der Waals surface area contributed by atoms with Crippen molar-refractivity contribution in [1.82, 2.24) is 15.5 Å². The number of carbonyl (C=O) groups excluding carboxylic acids is 2. The molecule has 0 bridgehead atoms. The third-order valence-corrected chi connectivity index (χ3v) is 4.46. The van der Waals surface area contributed by atoms with Crippen LogP contribution in [0.5, 0.6) is 0 Å². The molecule has 1 atom stereocenters. The number of ether oxygens (including phenoxy) is 1. The highest BCUT2D eigenvalue weighted by Gasteiger charge is 2.28. The zero-order valence-corrected chi connectivity index (χ0v) is 16.4. The number of halogens is 1. The second-order valence-electron chi connectivity index (χ2n) is 6.49. The van der Waals surface area contributed by atoms with Crippen molar-refractivity contribution in [2.45, 2.75) is 19.8 Å². The summed E-state index contributed by atoms with van der Waals surface area (Å²) < 4.78 is 4.95. The van der Waals surface area contributed by atoms with Crippen LogP contribution in [0, 0.1) is 12.8 Å². The van der Waals surface area contributed by atoms with E-state index in [4.69, 9.17) is 4.74 Å². The molecule has 2 amide bonds. The van der Waals surface area contributed by atoms with Gasteiger partial charge >= 0.3 is 0 Å². The fraction of sp³-hybridized carbons (Fsp3) is 0.579. The van der Waals surface area contributed by atoms with Crippen LogP contribution >= 0.6 is 12.4 Å². The minimum absolute atomic E-state index is 0. The highest BCUT2D eigenvalue weighted by Crippen LogP contribution is 2.19. The fourth-order valence-corrected chi connectivity index (χ4v) is 2.97. The third-order valence-electron chi connectivity index (χ3n) is 4.46. The predicted octanol–water partition coefficient (Wildman–Crippen LogP) is 1.62. The van der Waals surface area contributed by atoms with E-state index in [1.165, 1.54) is 0 Å². The number of nitrogens with zero attached hydrogens (tertiary/aromatic N) is 1. The van der Waals surface area contributed by atoms with Gasteiger partial charge in [0.15, 0.2) is 0 Å². The van der Waals surface area contributed by atoms with E-state index in [-0.39, 0.29) is 30.1 Å². The zero-order chi connectivity index (χ0) is 18.1. The van der Waals surface area contributed by atoms with Gasteiger partial charge in [0.25, 0.3) is 5.91 Å². The van der Waals surface area contributed by atoms with E-state index >= 15 is 0 Å². The van der Waals surface area contributed by atoms with Crippen LogP contribution in [0.3, 0.4) is 0 Å². The van der Waals surface area contributed by atoms with Crippen molar-refractivity contribution in [2.75, 3.05) is 46.4 Å². The SMILES string of the molecule is COCCNCCNC(=O)C1CCCN(C(=O)c2ccc(C)cc2)C1.Cl. The van der Waals surface area contributed by atoms with Gasteiger partial charge in [-0.15, -0.1) is 12.4 Å². The average Bonchev–Trinajstić information content (AvgIpc) is 2.64. The first-order chi connectivity index (χ1) is 12.1. The number of likely N-dealkylation sites (tertiary alicyclic amines) is 1. The number of hydrogen-bond acceptors (Lipinski definition) is 4. The second-order valence-corrected chi connectivity index (χ2v) is 6.49. The largest absolute Gasteiger partial charge is 0.383 e. The molecule has 0 spiro atoms. The van der Waals surface area contributed by atoms with E-state index in [1.54, 1.807) is 12.0 Å². The highest BCUT2D eigenvalue weighted by molar-refractivity contribution is 5.94. The van der Waals surface area contributed by atoms with Crippen molar-refractivity contribution in [3.8, 4) is 0 Å². The fourth-order valence-electron chi connectivity index (χ4n) is 2.97. The summed E-state index contributed by atoms with van der Waals surface area (Å²) in [6, 6.07) is 7.59. The maximum atomic E-state index is 12.6. The minimum Gasteiger partial charge on any atom is -0.383 e. The molecule has 1 aromatic carbocycles. The number of carbonyl (C=O) groups is 2. The quantitative estimate of drug-likeness (QED) is 0.669. The van der Waals surface area contributed by atoms with Gasteiger partial charge in [-0.2, -0.15) is 0 Å². The summed E-state index contributed by atoms with van der Waals surface area (Å²) in [5.74, 6) is -0.0733. The van der Waals surface area contributed by atoms with E-state index in [2.05, 4.69) is 10.6 Å². The molecular formula is C19H30ClN3O3. The molecular weight excluding hydrogens is 354 g/mol. The van der Waals surface area contributed by atoms with Crippen molar-refractivity contribution in [3.05, 3.63) is 35.4 Å². The number of benzene rings is 1. The minimum atomic E-state index is -0.123. The van der Waals surface area contributed by atoms with Crippen LogP contribution in [0.4, 0.5) is 0 Å². The Morgan fingerprint density at radius 1 is 1.19 bits per heavy atom. The number of rotatable bonds is 8. The first-order valence-corrected chi connectivity index (χ1v) is 8.95. The molecule has 26 heavy (non-hydrogen) atoms. The van der Waals surface area contributed by atoms with E-state index in [0.717, 1.165) is 31.5 Å². The van der Waals surface area contributed by atoms with E-state index in [1.807, 2.05) is 31.2 Å². The van der Waals surface area contributed by atoms with Crippen LogP contribution in [-0.2, 0) is 9.53 Å². The molecule has 0 aromatic heterocycles. The van der Waals surface area contributed by atoms with E-state index in [9.17, 15) is 9.59 Å². The van der Waals surface area contributed by atoms with Gasteiger partial charge in [0.2, 0.25) is 5.91 Å². The number of amides is 2. The Morgan fingerprint density at radius 2 is 1.92 bits per heavy atom. The van der Waals surface area contributed by atoms with Crippen molar-refractivity contribution in [2.24, 2.45) is 5.92 Å². The standard InChI is InChI=1S/C19H29N3O3.ClH/c1-15-5-7-16(8-6-15)19(24)22-12-3-4-17(14-22)18(23)21-10-9-20-11-13-25-2;/h5-8,17,20H,3-4,9-14H2,1-2H3,(H,21,23);1H. The molecule has 0 radical (unpaired) electrons. The predicted molar refractivity (Wildman–Crippen MR) is 105 cm³/mol. The summed E-state index contributed by atoms with van der Waals surface area (Å²) >= 11 is 0. The smallest absolute Gasteiger partial charge is 0.253 e. The van der Waals surface area contributed by atoms with Crippen molar-refractivity contribution in [1.29, 1.82) is 0 Å². The first kappa shape index (κ1) is 22.4. The van der Waals surface area contributed by atoms with Gasteiger partial charge in [-0.3, -0.25) is 9.59 Å². The number of hydrogen-bond donors (Lipinski definition) is 2. The molecule has 6 nitrogen and oxygen atoms in total. The van der Waals surface area contributed by atoms with Gasteiger partial charge in [-0.05, 0) is 31.9 Å². The lowest BCUT2D eigenvalue weighted by Crippen LogP contribution is -2.46. The molecule has 1 aromatic rings. The summed E-state index contributed by atoms with van der Waals surface area (Å²) in [5, 5.41) is 6.15. The van der Waals surface area contributed by atoms with Gasteiger partial charge in [-0.1, -0.05) is 17.7 Å². The van der Waals surface area contributed by atoms with E-state index < -0.39 is 0 Å². The Bertz CT molecular complexity index is 566. The molecule has 2 rings (SSSR count). The van der Waals surface area contributed by atoms with Crippen LogP contribution in [0.25, 0.3) is 0 Å². The lowest BCUT2D eigenvalue weighted by molar-refractivity contribution is -0.126. The topological polar surface area (TPSA) is 70.7 Å². The molecule has 1 aliphatic rings. The van der Waals surface area contributed by atoms with Crippen LogP contribution in [-0.4, -0.2) is 63.2 Å². The summed E-state index contributed by atoms with van der Waals surface area (Å²) in [6.45, 7) is 5.95. The van der Waals surface area contributed by atoms with Crippen molar-refractivity contribution >= 4 is 24.2 Å². The van der Waals surface area contributed by atoms with Crippen molar-refractivity contribution < 1.29 is 14.3 Å². The van der Waals surface area contributed by atoms with Crippen LogP contribution in [0.1, 0.15) is 28.8 Å². The van der Waals surface area contributed by atoms with E-state index in [0.29, 0.717) is 31.8 Å². The number of methoxy groups -OCH3 is 1. The summed E-state index contributed by atoms with van der Waals surface area (Å²) in [4.78, 5) is 26.7. The first-order valence-electron chi connectivity index (χ1n) is 8.95. The maximum Gasteiger partial charge on any atom is 0.253 e. The second kappa shape index (κ2) is 11.9. The Hall–Kier alpha value is -1.63. The zero-order valence-electron chi connectivity index (χ0n) is 15.6. The Labute approximate surface area is 162 Å². The summed E-state index contributed by atoms with van der Waals surface area (Å²) in [6.07, 6.45) is 1.70. The summed E-state index contributed by atoms with van der Waals surface area (Å²) in [5.41, 5.74) is 1.82. The Balaban J connectivity index is 0.00000338. The maximum absolute atomic E-state index is 12.6. The molecule has 1 heterocycles. The normalized spacial score (nSPS) is 16.7. The lowest BCUT2D eigenvalue weighted by Gasteiger charge is -2.32. The average molecular weight is 384 g/mol. The molecule has 1 saturated heterocycles. The molecule has 1 unspecified atom stereocenters. The molecule has 7 heteroatoms. The molecule has 0 aliphatic carbocycles. The number of nitrogens with one attached hydrogen (secondary N) is 2. The molecule has 0 saturated carbocycles. The molecule has 1 aliphatic heterocycles. The molecule has 146 valence electrons. The van der Waals surface area contributed by atoms with Gasteiger partial charge in [0, 0.05) is 45.4 Å². The Kier molecular flexibility index (Phi) is 10.2. The lowest BCUT2D eigenvalue weighted by atomic mass is 9.96. The van der Waals surface area contributed by atoms with Crippen LogP contribution in [0.2, 0.25) is 0 Å². The van der Waals surface area contributed by atoms with Gasteiger partial charge in [0.05, 0.1) is 12.5 Å². The van der Waals surface area contributed by atoms with Gasteiger partial charge in [-0.25, -0.2) is 0 Å².